The maximum absolute atomic E-state index is 12.8. The molecule has 1 aromatic heterocycles. The number of hydrogen-bond acceptors (Lipinski definition) is 6. The van der Waals surface area contributed by atoms with E-state index < -0.39 is 30.3 Å². The van der Waals surface area contributed by atoms with Gasteiger partial charge in [-0.1, -0.05) is 6.07 Å². The second kappa shape index (κ2) is 10.9. The topological polar surface area (TPSA) is 102 Å². The number of carbonyl (C=O) groups excluding carboxylic acids is 4. The molecule has 1 aromatic carbocycles. The number of amides is 3. The number of ketones is 1. The molecule has 28 heavy (non-hydrogen) atoms. The Hall–Kier alpha value is -3.07. The van der Waals surface area contributed by atoms with E-state index >= 15 is 0 Å². The number of rotatable bonds is 9. The standard InChI is InChI=1S/C19H19FN2O5S/c20-14-5-3-13(4-6-14)16(23)7-8-18(25)27-12-17(24)22-19(26)21-10-9-15-2-1-11-28-15/h1-6,11H,7-10,12H2,(H2,21,22,24,26). The molecule has 2 rings (SSSR count). The molecule has 2 aromatic rings. The summed E-state index contributed by atoms with van der Waals surface area (Å²) in [7, 11) is 0. The van der Waals surface area contributed by atoms with E-state index in [1.54, 1.807) is 11.3 Å². The first kappa shape index (κ1) is 21.2. The Morgan fingerprint density at radius 1 is 1.04 bits per heavy atom. The van der Waals surface area contributed by atoms with E-state index in [1.807, 2.05) is 22.8 Å². The predicted molar refractivity (Wildman–Crippen MR) is 100 cm³/mol. The van der Waals surface area contributed by atoms with E-state index in [0.717, 1.165) is 17.0 Å². The molecule has 0 aliphatic rings. The number of nitrogens with one attached hydrogen (secondary N) is 2. The second-order valence-electron chi connectivity index (χ2n) is 5.72. The Bertz CT molecular complexity index is 821. The number of benzene rings is 1. The molecule has 9 heteroatoms. The van der Waals surface area contributed by atoms with E-state index in [0.29, 0.717) is 13.0 Å². The van der Waals surface area contributed by atoms with Gasteiger partial charge in [-0.25, -0.2) is 9.18 Å². The number of esters is 1. The van der Waals surface area contributed by atoms with Crippen molar-refractivity contribution in [3.05, 3.63) is 58.0 Å². The first-order valence-electron chi connectivity index (χ1n) is 8.48. The van der Waals surface area contributed by atoms with Gasteiger partial charge >= 0.3 is 12.0 Å². The van der Waals surface area contributed by atoms with E-state index in [4.69, 9.17) is 4.74 Å². The van der Waals surface area contributed by atoms with Crippen LogP contribution in [-0.4, -0.2) is 36.8 Å². The lowest BCUT2D eigenvalue weighted by molar-refractivity contribution is -0.148. The molecule has 2 N–H and O–H groups in total. The van der Waals surface area contributed by atoms with Crippen LogP contribution in [0.5, 0.6) is 0 Å². The van der Waals surface area contributed by atoms with Crippen molar-refractivity contribution >= 4 is 35.0 Å². The molecule has 7 nitrogen and oxygen atoms in total. The van der Waals surface area contributed by atoms with Crippen LogP contribution in [0.3, 0.4) is 0 Å². The van der Waals surface area contributed by atoms with Crippen LogP contribution in [0.25, 0.3) is 0 Å². The Morgan fingerprint density at radius 2 is 1.79 bits per heavy atom. The third-order valence-electron chi connectivity index (χ3n) is 3.58. The summed E-state index contributed by atoms with van der Waals surface area (Å²) in [6, 6.07) is 8.13. The van der Waals surface area contributed by atoms with Crippen LogP contribution in [-0.2, 0) is 20.7 Å². The summed E-state index contributed by atoms with van der Waals surface area (Å²) in [5.74, 6) is -2.32. The molecule has 0 radical (unpaired) electrons. The van der Waals surface area contributed by atoms with Crippen LogP contribution in [0.4, 0.5) is 9.18 Å². The van der Waals surface area contributed by atoms with E-state index in [2.05, 4.69) is 5.32 Å². The van der Waals surface area contributed by atoms with Crippen molar-refractivity contribution in [1.29, 1.82) is 0 Å². The lowest BCUT2D eigenvalue weighted by Crippen LogP contribution is -2.42. The molecular formula is C19H19FN2O5S. The van der Waals surface area contributed by atoms with Crippen LogP contribution in [0, 0.1) is 5.82 Å². The monoisotopic (exact) mass is 406 g/mol. The summed E-state index contributed by atoms with van der Waals surface area (Å²) in [5, 5.41) is 6.50. The summed E-state index contributed by atoms with van der Waals surface area (Å²) >= 11 is 1.57. The number of urea groups is 1. The molecule has 0 saturated heterocycles. The van der Waals surface area contributed by atoms with Gasteiger partial charge in [0.25, 0.3) is 5.91 Å². The minimum absolute atomic E-state index is 0.130. The maximum atomic E-state index is 12.8. The quantitative estimate of drug-likeness (QED) is 0.492. The van der Waals surface area contributed by atoms with Crippen LogP contribution in [0.2, 0.25) is 0 Å². The summed E-state index contributed by atoms with van der Waals surface area (Å²) in [5.41, 5.74) is 0.283. The molecule has 3 amide bonds. The molecule has 1 heterocycles. The first-order valence-corrected chi connectivity index (χ1v) is 9.36. The minimum Gasteiger partial charge on any atom is -0.456 e. The highest BCUT2D eigenvalue weighted by molar-refractivity contribution is 7.09. The van der Waals surface area contributed by atoms with Crippen molar-refractivity contribution < 1.29 is 28.3 Å². The van der Waals surface area contributed by atoms with Crippen LogP contribution in [0.1, 0.15) is 28.1 Å². The second-order valence-corrected chi connectivity index (χ2v) is 6.76. The Labute approximate surface area is 164 Å². The normalized spacial score (nSPS) is 10.2. The molecule has 0 saturated carbocycles. The highest BCUT2D eigenvalue weighted by atomic mass is 32.1. The lowest BCUT2D eigenvalue weighted by atomic mass is 10.1. The van der Waals surface area contributed by atoms with Gasteiger partial charge in [-0.05, 0) is 42.1 Å². The molecule has 0 fully saturated rings. The van der Waals surface area contributed by atoms with Gasteiger partial charge < -0.3 is 10.1 Å². The molecule has 0 aliphatic carbocycles. The summed E-state index contributed by atoms with van der Waals surface area (Å²) < 4.78 is 17.5. The fraction of sp³-hybridized carbons (Fsp3) is 0.263. The zero-order chi connectivity index (χ0) is 20.4. The molecule has 0 spiro atoms. The van der Waals surface area contributed by atoms with Crippen LogP contribution in [0.15, 0.2) is 41.8 Å². The average Bonchev–Trinajstić information content (AvgIpc) is 3.18. The highest BCUT2D eigenvalue weighted by Crippen LogP contribution is 2.08. The average molecular weight is 406 g/mol. The van der Waals surface area contributed by atoms with Crippen molar-refractivity contribution in [1.82, 2.24) is 10.6 Å². The number of hydrogen-bond donors (Lipinski definition) is 2. The van der Waals surface area contributed by atoms with E-state index in [9.17, 15) is 23.6 Å². The lowest BCUT2D eigenvalue weighted by Gasteiger charge is -2.07. The number of Topliss-reactive ketones (excluding diaryl/α,β-unsaturated/α-hetero) is 1. The van der Waals surface area contributed by atoms with Gasteiger partial charge in [0.2, 0.25) is 0 Å². The fourth-order valence-electron chi connectivity index (χ4n) is 2.17. The van der Waals surface area contributed by atoms with Crippen molar-refractivity contribution in [2.24, 2.45) is 0 Å². The largest absolute Gasteiger partial charge is 0.456 e. The SMILES string of the molecule is O=C(COC(=O)CCC(=O)c1ccc(F)cc1)NC(=O)NCCc1cccs1. The van der Waals surface area contributed by atoms with Gasteiger partial charge in [0.15, 0.2) is 12.4 Å². The van der Waals surface area contributed by atoms with Gasteiger partial charge in [-0.15, -0.1) is 11.3 Å². The van der Waals surface area contributed by atoms with Gasteiger partial charge in [0, 0.05) is 23.4 Å². The Kier molecular flexibility index (Phi) is 8.29. The number of halogens is 1. The Balaban J connectivity index is 1.59. The Morgan fingerprint density at radius 3 is 2.46 bits per heavy atom. The van der Waals surface area contributed by atoms with Crippen molar-refractivity contribution in [3.8, 4) is 0 Å². The number of ether oxygens (including phenoxy) is 1. The number of thiophene rings is 1. The zero-order valence-corrected chi connectivity index (χ0v) is 15.7. The summed E-state index contributed by atoms with van der Waals surface area (Å²) in [6.07, 6.45) is 0.294. The van der Waals surface area contributed by atoms with Gasteiger partial charge in [0.05, 0.1) is 6.42 Å². The van der Waals surface area contributed by atoms with Crippen molar-refractivity contribution in [2.45, 2.75) is 19.3 Å². The van der Waals surface area contributed by atoms with Crippen molar-refractivity contribution in [3.63, 3.8) is 0 Å². The minimum atomic E-state index is -0.771. The third-order valence-corrected chi connectivity index (χ3v) is 4.51. The van der Waals surface area contributed by atoms with Crippen LogP contribution >= 0.6 is 11.3 Å². The predicted octanol–water partition coefficient (Wildman–Crippen LogP) is 2.46. The third kappa shape index (κ3) is 7.67. The fourth-order valence-corrected chi connectivity index (χ4v) is 2.88. The zero-order valence-electron chi connectivity index (χ0n) is 14.9. The first-order chi connectivity index (χ1) is 13.4. The van der Waals surface area contributed by atoms with Gasteiger partial charge in [-0.2, -0.15) is 0 Å². The molecule has 0 bridgehead atoms. The van der Waals surface area contributed by atoms with E-state index in [-0.39, 0.29) is 24.2 Å². The molecule has 0 atom stereocenters. The number of imide groups is 1. The molecular weight excluding hydrogens is 387 g/mol. The molecule has 0 unspecified atom stereocenters. The van der Waals surface area contributed by atoms with Crippen molar-refractivity contribution in [2.75, 3.05) is 13.2 Å². The van der Waals surface area contributed by atoms with E-state index in [1.165, 1.54) is 12.1 Å². The van der Waals surface area contributed by atoms with Gasteiger partial charge in [-0.3, -0.25) is 19.7 Å². The highest BCUT2D eigenvalue weighted by Gasteiger charge is 2.13. The van der Waals surface area contributed by atoms with Gasteiger partial charge in [0.1, 0.15) is 5.82 Å². The van der Waals surface area contributed by atoms with Crippen LogP contribution < -0.4 is 10.6 Å². The molecule has 148 valence electrons. The number of carbonyl (C=O) groups is 4. The summed E-state index contributed by atoms with van der Waals surface area (Å²) in [4.78, 5) is 47.8. The molecule has 0 aliphatic heterocycles. The summed E-state index contributed by atoms with van der Waals surface area (Å²) in [6.45, 7) is -0.257. The smallest absolute Gasteiger partial charge is 0.321 e. The maximum Gasteiger partial charge on any atom is 0.321 e.